The van der Waals surface area contributed by atoms with Crippen LogP contribution in [0.1, 0.15) is 24.2 Å². The number of Topliss-reactive ketones (excluding diaryl/α,β-unsaturated/α-hetero) is 1. The minimum atomic E-state index is -3.91. The van der Waals surface area contributed by atoms with E-state index in [0.717, 1.165) is 0 Å². The molecule has 0 aliphatic heterocycles. The zero-order chi connectivity index (χ0) is 15.3. The van der Waals surface area contributed by atoms with Crippen LogP contribution in [0.3, 0.4) is 0 Å². The highest BCUT2D eigenvalue weighted by Crippen LogP contribution is 2.16. The number of hydrogen-bond acceptors (Lipinski definition) is 5. The number of carbonyl (C=O) groups is 2. The number of sulfone groups is 1. The molecule has 0 saturated carbocycles. The lowest BCUT2D eigenvalue weighted by Crippen LogP contribution is -2.33. The third-order valence-electron chi connectivity index (χ3n) is 2.64. The number of ether oxygens (including phenoxy) is 1. The maximum atomic E-state index is 12.1. The van der Waals surface area contributed by atoms with Gasteiger partial charge in [0.25, 0.3) is 0 Å². The molecule has 0 aliphatic carbocycles. The summed E-state index contributed by atoms with van der Waals surface area (Å²) in [5.41, 5.74) is 0.192. The Labute approximate surface area is 122 Å². The molecular formula is C13H15ClO5S. The summed E-state index contributed by atoms with van der Waals surface area (Å²) in [4.78, 5) is 23.3. The van der Waals surface area contributed by atoms with Crippen molar-refractivity contribution in [3.05, 3.63) is 34.9 Å². The second kappa shape index (κ2) is 6.85. The second-order valence-corrected chi connectivity index (χ2v) is 6.89. The Morgan fingerprint density at radius 3 is 2.55 bits per heavy atom. The maximum Gasteiger partial charge on any atom is 0.321 e. The van der Waals surface area contributed by atoms with Crippen molar-refractivity contribution in [3.63, 3.8) is 0 Å². The van der Waals surface area contributed by atoms with Crippen LogP contribution in [0, 0.1) is 0 Å². The highest BCUT2D eigenvalue weighted by Gasteiger charge is 2.31. The number of halogens is 1. The SMILES string of the molecule is CCOC(=O)CS(=O)(=O)C(C)C(=O)c1cccc(Cl)c1. The molecule has 0 spiro atoms. The van der Waals surface area contributed by atoms with Crippen molar-refractivity contribution in [1.29, 1.82) is 0 Å². The van der Waals surface area contributed by atoms with Gasteiger partial charge in [-0.25, -0.2) is 8.42 Å². The Bertz CT molecular complexity index is 609. The highest BCUT2D eigenvalue weighted by atomic mass is 35.5. The van der Waals surface area contributed by atoms with E-state index in [9.17, 15) is 18.0 Å². The quantitative estimate of drug-likeness (QED) is 0.591. The van der Waals surface area contributed by atoms with Crippen LogP contribution in [0.5, 0.6) is 0 Å². The van der Waals surface area contributed by atoms with Crippen LogP contribution in [0.2, 0.25) is 5.02 Å². The van der Waals surface area contributed by atoms with Gasteiger partial charge in [-0.05, 0) is 26.0 Å². The molecule has 1 atom stereocenters. The first kappa shape index (κ1) is 16.7. The molecule has 0 bridgehead atoms. The zero-order valence-electron chi connectivity index (χ0n) is 11.1. The van der Waals surface area contributed by atoms with Crippen LogP contribution in [0.15, 0.2) is 24.3 Å². The van der Waals surface area contributed by atoms with Gasteiger partial charge in [-0.1, -0.05) is 23.7 Å². The Morgan fingerprint density at radius 2 is 2.00 bits per heavy atom. The second-order valence-electron chi connectivity index (χ2n) is 4.13. The summed E-state index contributed by atoms with van der Waals surface area (Å²) in [5, 5.41) is -0.990. The van der Waals surface area contributed by atoms with Crippen molar-refractivity contribution in [2.24, 2.45) is 0 Å². The van der Waals surface area contributed by atoms with Crippen LogP contribution in [-0.2, 0) is 19.4 Å². The molecule has 1 unspecified atom stereocenters. The first-order valence-corrected chi connectivity index (χ1v) is 8.04. The predicted octanol–water partition coefficient (Wildman–Crippen LogP) is 1.89. The van der Waals surface area contributed by atoms with Crippen molar-refractivity contribution >= 4 is 33.2 Å². The Balaban J connectivity index is 2.90. The van der Waals surface area contributed by atoms with Crippen molar-refractivity contribution in [3.8, 4) is 0 Å². The van der Waals surface area contributed by atoms with Crippen molar-refractivity contribution in [2.75, 3.05) is 12.4 Å². The van der Waals surface area contributed by atoms with Gasteiger partial charge < -0.3 is 4.74 Å². The lowest BCUT2D eigenvalue weighted by molar-refractivity contribution is -0.139. The largest absolute Gasteiger partial charge is 0.465 e. The van der Waals surface area contributed by atoms with Crippen LogP contribution >= 0.6 is 11.6 Å². The number of rotatable bonds is 6. The topological polar surface area (TPSA) is 77.5 Å². The van der Waals surface area contributed by atoms with Crippen LogP contribution in [-0.4, -0.2) is 37.8 Å². The van der Waals surface area contributed by atoms with Gasteiger partial charge in [-0.3, -0.25) is 9.59 Å². The van der Waals surface area contributed by atoms with Gasteiger partial charge in [-0.2, -0.15) is 0 Å². The molecule has 0 amide bonds. The molecule has 1 aromatic rings. The van der Waals surface area contributed by atoms with Gasteiger partial charge >= 0.3 is 5.97 Å². The van der Waals surface area contributed by atoms with E-state index >= 15 is 0 Å². The third-order valence-corrected chi connectivity index (χ3v) is 4.81. The molecule has 0 N–H and O–H groups in total. The summed E-state index contributed by atoms with van der Waals surface area (Å²) in [6.45, 7) is 2.91. The van der Waals surface area contributed by atoms with Gasteiger partial charge in [0, 0.05) is 10.6 Å². The van der Waals surface area contributed by atoms with Crippen molar-refractivity contribution in [2.45, 2.75) is 19.1 Å². The summed E-state index contributed by atoms with van der Waals surface area (Å²) in [7, 11) is -3.91. The minimum Gasteiger partial charge on any atom is -0.465 e. The average Bonchev–Trinajstić information content (AvgIpc) is 2.36. The third kappa shape index (κ3) is 4.31. The molecule has 0 fully saturated rings. The Hall–Kier alpha value is -1.40. The lowest BCUT2D eigenvalue weighted by atomic mass is 10.1. The fourth-order valence-electron chi connectivity index (χ4n) is 1.53. The molecule has 0 radical (unpaired) electrons. The number of esters is 1. The zero-order valence-corrected chi connectivity index (χ0v) is 12.7. The summed E-state index contributed by atoms with van der Waals surface area (Å²) in [5.74, 6) is -2.27. The van der Waals surface area contributed by atoms with E-state index in [1.807, 2.05) is 0 Å². The monoisotopic (exact) mass is 318 g/mol. The summed E-state index contributed by atoms with van der Waals surface area (Å²) in [6, 6.07) is 6.00. The fourth-order valence-corrected chi connectivity index (χ4v) is 2.85. The van der Waals surface area contributed by atoms with Crippen LogP contribution < -0.4 is 0 Å². The molecule has 7 heteroatoms. The smallest absolute Gasteiger partial charge is 0.321 e. The molecule has 1 aromatic carbocycles. The molecule has 110 valence electrons. The normalized spacial score (nSPS) is 12.8. The Morgan fingerprint density at radius 1 is 1.35 bits per heavy atom. The summed E-state index contributed by atoms with van der Waals surface area (Å²) < 4.78 is 28.5. The fraction of sp³-hybridized carbons (Fsp3) is 0.385. The Kier molecular flexibility index (Phi) is 5.71. The van der Waals surface area contributed by atoms with Gasteiger partial charge in [-0.15, -0.1) is 0 Å². The summed E-state index contributed by atoms with van der Waals surface area (Å²) in [6.07, 6.45) is 0. The first-order valence-electron chi connectivity index (χ1n) is 5.95. The molecular weight excluding hydrogens is 304 g/mol. The van der Waals surface area contributed by atoms with Crippen LogP contribution in [0.4, 0.5) is 0 Å². The van der Waals surface area contributed by atoms with E-state index in [1.165, 1.54) is 19.1 Å². The number of ketones is 1. The van der Waals surface area contributed by atoms with Gasteiger partial charge in [0.05, 0.1) is 6.61 Å². The summed E-state index contributed by atoms with van der Waals surface area (Å²) >= 11 is 5.76. The highest BCUT2D eigenvalue weighted by molar-refractivity contribution is 7.93. The molecule has 0 aliphatic rings. The maximum absolute atomic E-state index is 12.1. The van der Waals surface area contributed by atoms with Crippen LogP contribution in [0.25, 0.3) is 0 Å². The number of benzene rings is 1. The molecule has 0 saturated heterocycles. The van der Waals surface area contributed by atoms with E-state index in [0.29, 0.717) is 5.02 Å². The van der Waals surface area contributed by atoms with Gasteiger partial charge in [0.1, 0.15) is 11.0 Å². The molecule has 20 heavy (non-hydrogen) atoms. The number of hydrogen-bond donors (Lipinski definition) is 0. The van der Waals surface area contributed by atoms with Crippen molar-refractivity contribution < 1.29 is 22.7 Å². The molecule has 1 rings (SSSR count). The van der Waals surface area contributed by atoms with Gasteiger partial charge in [0.15, 0.2) is 15.6 Å². The molecule has 0 aromatic heterocycles. The molecule has 0 heterocycles. The predicted molar refractivity (Wildman–Crippen MR) is 75.7 cm³/mol. The van der Waals surface area contributed by atoms with E-state index < -0.39 is 32.6 Å². The van der Waals surface area contributed by atoms with Gasteiger partial charge in [0.2, 0.25) is 0 Å². The average molecular weight is 319 g/mol. The first-order chi connectivity index (χ1) is 9.27. The minimum absolute atomic E-state index is 0.0883. The molecule has 5 nitrogen and oxygen atoms in total. The van der Waals surface area contributed by atoms with E-state index in [2.05, 4.69) is 4.74 Å². The number of carbonyl (C=O) groups excluding carboxylic acids is 2. The van der Waals surface area contributed by atoms with E-state index in [4.69, 9.17) is 11.6 Å². The van der Waals surface area contributed by atoms with E-state index in [1.54, 1.807) is 19.1 Å². The lowest BCUT2D eigenvalue weighted by Gasteiger charge is -2.11. The van der Waals surface area contributed by atoms with E-state index in [-0.39, 0.29) is 12.2 Å². The standard InChI is InChI=1S/C13H15ClO5S/c1-3-19-12(15)8-20(17,18)9(2)13(16)10-5-4-6-11(14)7-10/h4-7,9H,3,8H2,1-2H3. The van der Waals surface area contributed by atoms with Crippen molar-refractivity contribution in [1.82, 2.24) is 0 Å².